The molecule has 0 spiro atoms. The number of carbonyl (C=O) groups is 3. The van der Waals surface area contributed by atoms with E-state index in [-0.39, 0.29) is 22.9 Å². The minimum absolute atomic E-state index is 0.0693. The zero-order valence-corrected chi connectivity index (χ0v) is 15.9. The van der Waals surface area contributed by atoms with Gasteiger partial charge in [-0.1, -0.05) is 11.8 Å². The smallest absolute Gasteiger partial charge is 0.316 e. The van der Waals surface area contributed by atoms with Crippen molar-refractivity contribution in [2.24, 2.45) is 0 Å². The van der Waals surface area contributed by atoms with Crippen molar-refractivity contribution in [1.82, 2.24) is 9.97 Å². The lowest BCUT2D eigenvalue weighted by Crippen LogP contribution is -2.17. The van der Waals surface area contributed by atoms with Gasteiger partial charge >= 0.3 is 5.97 Å². The van der Waals surface area contributed by atoms with Crippen LogP contribution in [0.2, 0.25) is 0 Å². The molecule has 0 saturated heterocycles. The van der Waals surface area contributed by atoms with Crippen molar-refractivity contribution < 1.29 is 23.5 Å². The van der Waals surface area contributed by atoms with Crippen molar-refractivity contribution in [2.45, 2.75) is 25.9 Å². The molecular weight excluding hydrogens is 373 g/mol. The second-order valence-corrected chi connectivity index (χ2v) is 6.62. The minimum Gasteiger partial charge on any atom is -0.457 e. The number of thioether (sulfide) groups is 1. The number of nitrogens with zero attached hydrogens (tertiary/aromatic N) is 2. The van der Waals surface area contributed by atoms with Crippen LogP contribution in [0.1, 0.15) is 28.7 Å². The van der Waals surface area contributed by atoms with Gasteiger partial charge in [0.15, 0.2) is 11.8 Å². The highest BCUT2D eigenvalue weighted by Gasteiger charge is 2.15. The highest BCUT2D eigenvalue weighted by Crippen LogP contribution is 2.16. The van der Waals surface area contributed by atoms with Crippen LogP contribution in [-0.4, -0.2) is 40.0 Å². The van der Waals surface area contributed by atoms with Gasteiger partial charge in [0.1, 0.15) is 5.82 Å². The maximum absolute atomic E-state index is 14.0. The molecular formula is C18H18FN3O4S. The van der Waals surface area contributed by atoms with Crippen molar-refractivity contribution in [2.75, 3.05) is 17.7 Å². The monoisotopic (exact) mass is 391 g/mol. The average Bonchev–Trinajstić information content (AvgIpc) is 2.56. The summed E-state index contributed by atoms with van der Waals surface area (Å²) in [5, 5.41) is 2.85. The number of rotatable bonds is 7. The first kappa shape index (κ1) is 20.5. The molecule has 27 heavy (non-hydrogen) atoms. The second-order valence-electron chi connectivity index (χ2n) is 5.68. The van der Waals surface area contributed by atoms with Gasteiger partial charge in [-0.05, 0) is 38.1 Å². The van der Waals surface area contributed by atoms with Gasteiger partial charge in [0, 0.05) is 24.0 Å². The summed E-state index contributed by atoms with van der Waals surface area (Å²) in [6.45, 7) is 4.35. The summed E-state index contributed by atoms with van der Waals surface area (Å²) in [6.07, 6.45) is 0. The predicted octanol–water partition coefficient (Wildman–Crippen LogP) is 2.71. The van der Waals surface area contributed by atoms with E-state index < -0.39 is 24.2 Å². The SMILES string of the molecule is CC(=O)Nc1ccc(C(=O)COC(=O)CSc2nc(C)cc(C)n2)c(F)c1. The Morgan fingerprint density at radius 2 is 1.81 bits per heavy atom. The highest BCUT2D eigenvalue weighted by molar-refractivity contribution is 7.99. The van der Waals surface area contributed by atoms with Crippen LogP contribution in [0.4, 0.5) is 10.1 Å². The first-order valence-electron chi connectivity index (χ1n) is 7.95. The first-order chi connectivity index (χ1) is 12.7. The number of nitrogens with one attached hydrogen (secondary N) is 1. The van der Waals surface area contributed by atoms with E-state index in [9.17, 15) is 18.8 Å². The molecule has 0 bridgehead atoms. The molecule has 0 unspecified atom stereocenters. The first-order valence-corrected chi connectivity index (χ1v) is 8.94. The van der Waals surface area contributed by atoms with Crippen molar-refractivity contribution in [3.05, 3.63) is 47.0 Å². The third-order valence-electron chi connectivity index (χ3n) is 3.23. The number of benzene rings is 1. The van der Waals surface area contributed by atoms with E-state index in [4.69, 9.17) is 4.74 Å². The van der Waals surface area contributed by atoms with Crippen LogP contribution in [0.15, 0.2) is 29.4 Å². The Morgan fingerprint density at radius 1 is 1.15 bits per heavy atom. The van der Waals surface area contributed by atoms with Crippen LogP contribution >= 0.6 is 11.8 Å². The van der Waals surface area contributed by atoms with E-state index in [1.165, 1.54) is 19.1 Å². The van der Waals surface area contributed by atoms with Gasteiger partial charge in [0.05, 0.1) is 11.3 Å². The van der Waals surface area contributed by atoms with Crippen LogP contribution in [0.3, 0.4) is 0 Å². The number of Topliss-reactive ketones (excluding diaryl/α,β-unsaturated/α-hetero) is 1. The Labute approximate surface area is 159 Å². The number of ketones is 1. The third kappa shape index (κ3) is 6.45. The van der Waals surface area contributed by atoms with Crippen LogP contribution in [0.5, 0.6) is 0 Å². The summed E-state index contributed by atoms with van der Waals surface area (Å²) in [7, 11) is 0. The molecule has 9 heteroatoms. The molecule has 0 atom stereocenters. The number of carbonyl (C=O) groups excluding carboxylic acids is 3. The zero-order chi connectivity index (χ0) is 20.0. The van der Waals surface area contributed by atoms with Gasteiger partial charge in [0.25, 0.3) is 0 Å². The van der Waals surface area contributed by atoms with E-state index in [1.54, 1.807) is 0 Å². The molecule has 0 aliphatic heterocycles. The van der Waals surface area contributed by atoms with E-state index in [2.05, 4.69) is 15.3 Å². The summed E-state index contributed by atoms with van der Waals surface area (Å²) in [5.41, 5.74) is 1.58. The van der Waals surface area contributed by atoms with Gasteiger partial charge in [-0.3, -0.25) is 14.4 Å². The predicted molar refractivity (Wildman–Crippen MR) is 98.2 cm³/mol. The quantitative estimate of drug-likeness (QED) is 0.335. The van der Waals surface area contributed by atoms with Gasteiger partial charge in [-0.15, -0.1) is 0 Å². The fourth-order valence-corrected chi connectivity index (χ4v) is 2.92. The minimum atomic E-state index is -0.805. The van der Waals surface area contributed by atoms with E-state index in [0.29, 0.717) is 5.16 Å². The van der Waals surface area contributed by atoms with Crippen molar-refractivity contribution in [3.63, 3.8) is 0 Å². The standard InChI is InChI=1S/C18H18FN3O4S/c1-10-6-11(2)21-18(20-10)27-9-17(25)26-8-16(24)14-5-4-13(7-15(14)19)22-12(3)23/h4-7H,8-9H2,1-3H3,(H,22,23). The molecule has 1 heterocycles. The molecule has 0 aliphatic rings. The molecule has 2 aromatic rings. The number of hydrogen-bond acceptors (Lipinski definition) is 7. The van der Waals surface area contributed by atoms with Crippen LogP contribution in [-0.2, 0) is 14.3 Å². The summed E-state index contributed by atoms with van der Waals surface area (Å²) in [5.74, 6) is -2.54. The topological polar surface area (TPSA) is 98.2 Å². The summed E-state index contributed by atoms with van der Waals surface area (Å²) in [6, 6.07) is 5.47. The molecule has 1 amide bonds. The van der Waals surface area contributed by atoms with Crippen molar-refractivity contribution in [3.8, 4) is 0 Å². The molecule has 142 valence electrons. The normalized spacial score (nSPS) is 10.4. The molecule has 1 N–H and O–H groups in total. The second kappa shape index (κ2) is 9.22. The van der Waals surface area contributed by atoms with Gasteiger partial charge in [0.2, 0.25) is 11.7 Å². The molecule has 0 saturated carbocycles. The van der Waals surface area contributed by atoms with Crippen LogP contribution in [0.25, 0.3) is 0 Å². The number of amides is 1. The average molecular weight is 391 g/mol. The number of halogens is 1. The van der Waals surface area contributed by atoms with Crippen molar-refractivity contribution >= 4 is 35.1 Å². The fraction of sp³-hybridized carbons (Fsp3) is 0.278. The lowest BCUT2D eigenvalue weighted by molar-refractivity contribution is -0.139. The Kier molecular flexibility index (Phi) is 7.00. The number of aryl methyl sites for hydroxylation is 2. The number of aromatic nitrogens is 2. The maximum atomic E-state index is 14.0. The van der Waals surface area contributed by atoms with E-state index in [1.807, 2.05) is 19.9 Å². The lowest BCUT2D eigenvalue weighted by atomic mass is 10.1. The van der Waals surface area contributed by atoms with Crippen LogP contribution < -0.4 is 5.32 Å². The van der Waals surface area contributed by atoms with Gasteiger partial charge < -0.3 is 10.1 Å². The molecule has 0 fully saturated rings. The summed E-state index contributed by atoms with van der Waals surface area (Å²) >= 11 is 1.09. The highest BCUT2D eigenvalue weighted by atomic mass is 32.2. The fourth-order valence-electron chi connectivity index (χ4n) is 2.17. The van der Waals surface area contributed by atoms with Crippen molar-refractivity contribution in [1.29, 1.82) is 0 Å². The molecule has 2 rings (SSSR count). The van der Waals surface area contributed by atoms with E-state index in [0.717, 1.165) is 29.2 Å². The number of hydrogen-bond donors (Lipinski definition) is 1. The number of anilines is 1. The summed E-state index contributed by atoms with van der Waals surface area (Å²) in [4.78, 5) is 43.1. The molecule has 0 radical (unpaired) electrons. The Hall–Kier alpha value is -2.81. The molecule has 1 aromatic heterocycles. The Bertz CT molecular complexity index is 869. The maximum Gasteiger partial charge on any atom is 0.316 e. The zero-order valence-electron chi connectivity index (χ0n) is 15.0. The summed E-state index contributed by atoms with van der Waals surface area (Å²) < 4.78 is 18.9. The van der Waals surface area contributed by atoms with Gasteiger partial charge in [-0.2, -0.15) is 0 Å². The number of esters is 1. The largest absolute Gasteiger partial charge is 0.457 e. The lowest BCUT2D eigenvalue weighted by Gasteiger charge is -2.07. The van der Waals surface area contributed by atoms with E-state index >= 15 is 0 Å². The third-order valence-corrected chi connectivity index (χ3v) is 4.06. The molecule has 0 aliphatic carbocycles. The Morgan fingerprint density at radius 3 is 2.41 bits per heavy atom. The number of ether oxygens (including phenoxy) is 1. The molecule has 1 aromatic carbocycles. The Balaban J connectivity index is 1.87. The van der Waals surface area contributed by atoms with Crippen LogP contribution in [0, 0.1) is 19.7 Å². The molecule has 7 nitrogen and oxygen atoms in total. The van der Waals surface area contributed by atoms with Gasteiger partial charge in [-0.25, -0.2) is 14.4 Å².